The molecule has 0 aliphatic carbocycles. The lowest BCUT2D eigenvalue weighted by Gasteiger charge is -2.27. The molecule has 0 aromatic carbocycles. The molecular weight excluding hydrogens is 248 g/mol. The molecule has 0 radical (unpaired) electrons. The van der Waals surface area contributed by atoms with Gasteiger partial charge < -0.3 is 15.3 Å². The van der Waals surface area contributed by atoms with Crippen LogP contribution in [0.4, 0.5) is 11.6 Å². The predicted molar refractivity (Wildman–Crippen MR) is 76.4 cm³/mol. The Morgan fingerprint density at radius 2 is 2.11 bits per heavy atom. The highest BCUT2D eigenvalue weighted by Crippen LogP contribution is 2.19. The van der Waals surface area contributed by atoms with Gasteiger partial charge in [0, 0.05) is 37.2 Å². The molecule has 1 saturated heterocycles. The Labute approximate surface area is 112 Å². The van der Waals surface area contributed by atoms with Crippen molar-refractivity contribution >= 4 is 23.4 Å². The Bertz CT molecular complexity index is 388. The highest BCUT2D eigenvalue weighted by molar-refractivity contribution is 7.99. The lowest BCUT2D eigenvalue weighted by atomic mass is 10.1. The largest absolute Gasteiger partial charge is 0.389 e. The van der Waals surface area contributed by atoms with Crippen LogP contribution >= 0.6 is 11.8 Å². The molecule has 2 heterocycles. The number of hydrogen-bond donors (Lipinski definition) is 2. The van der Waals surface area contributed by atoms with Crippen LogP contribution in [-0.2, 0) is 0 Å². The number of nitrogens with one attached hydrogen (secondary N) is 1. The van der Waals surface area contributed by atoms with Crippen LogP contribution in [0.5, 0.6) is 0 Å². The summed E-state index contributed by atoms with van der Waals surface area (Å²) < 4.78 is 0. The van der Waals surface area contributed by atoms with E-state index < -0.39 is 5.60 Å². The molecule has 0 saturated carbocycles. The molecule has 0 spiro atoms. The lowest BCUT2D eigenvalue weighted by molar-refractivity contribution is 0.0944. The van der Waals surface area contributed by atoms with Crippen LogP contribution in [0, 0.1) is 0 Å². The maximum Gasteiger partial charge on any atom is 0.134 e. The van der Waals surface area contributed by atoms with E-state index in [1.54, 1.807) is 20.2 Å². The molecule has 0 amide bonds. The number of rotatable bonds is 4. The zero-order chi connectivity index (χ0) is 13.0. The number of thioether (sulfide) groups is 1. The second-order valence-electron chi connectivity index (χ2n) is 5.03. The van der Waals surface area contributed by atoms with Gasteiger partial charge in [0.1, 0.15) is 18.0 Å². The molecule has 1 aliphatic heterocycles. The van der Waals surface area contributed by atoms with Crippen molar-refractivity contribution in [2.75, 3.05) is 41.4 Å². The van der Waals surface area contributed by atoms with Gasteiger partial charge in [-0.2, -0.15) is 11.8 Å². The van der Waals surface area contributed by atoms with Crippen molar-refractivity contribution in [3.8, 4) is 0 Å². The second-order valence-corrected chi connectivity index (χ2v) is 6.25. The van der Waals surface area contributed by atoms with E-state index in [4.69, 9.17) is 0 Å². The van der Waals surface area contributed by atoms with Crippen molar-refractivity contribution < 1.29 is 5.11 Å². The van der Waals surface area contributed by atoms with Crippen LogP contribution in [0.3, 0.4) is 0 Å². The smallest absolute Gasteiger partial charge is 0.134 e. The van der Waals surface area contributed by atoms with Gasteiger partial charge in [0.2, 0.25) is 0 Å². The summed E-state index contributed by atoms with van der Waals surface area (Å²) in [6, 6.07) is 1.95. The van der Waals surface area contributed by atoms with E-state index >= 15 is 0 Å². The standard InChI is InChI=1S/C12H20N4OS/c1-12(2,17)8-13-10-7-11(15-9-14-10)16-3-5-18-6-4-16/h7,9,17H,3-6,8H2,1-2H3,(H,13,14,15). The molecular formula is C12H20N4OS. The van der Waals surface area contributed by atoms with Crippen molar-refractivity contribution in [3.63, 3.8) is 0 Å². The summed E-state index contributed by atoms with van der Waals surface area (Å²) in [5.74, 6) is 4.02. The minimum Gasteiger partial charge on any atom is -0.389 e. The third-order valence-electron chi connectivity index (χ3n) is 2.69. The zero-order valence-electron chi connectivity index (χ0n) is 10.9. The first kappa shape index (κ1) is 13.4. The Morgan fingerprint density at radius 3 is 2.78 bits per heavy atom. The molecule has 0 unspecified atom stereocenters. The minimum absolute atomic E-state index is 0.472. The van der Waals surface area contributed by atoms with Crippen LogP contribution < -0.4 is 10.2 Å². The summed E-state index contributed by atoms with van der Waals surface area (Å²) in [5, 5.41) is 12.8. The van der Waals surface area contributed by atoms with Gasteiger partial charge >= 0.3 is 0 Å². The monoisotopic (exact) mass is 268 g/mol. The van der Waals surface area contributed by atoms with Crippen molar-refractivity contribution in [1.82, 2.24) is 9.97 Å². The zero-order valence-corrected chi connectivity index (χ0v) is 11.7. The van der Waals surface area contributed by atoms with E-state index in [2.05, 4.69) is 20.2 Å². The highest BCUT2D eigenvalue weighted by atomic mass is 32.2. The normalized spacial score (nSPS) is 16.7. The fourth-order valence-electron chi connectivity index (χ4n) is 1.72. The van der Waals surface area contributed by atoms with Gasteiger partial charge in [-0.3, -0.25) is 0 Å². The molecule has 100 valence electrons. The van der Waals surface area contributed by atoms with Gasteiger partial charge in [-0.15, -0.1) is 0 Å². The van der Waals surface area contributed by atoms with Crippen molar-refractivity contribution in [3.05, 3.63) is 12.4 Å². The summed E-state index contributed by atoms with van der Waals surface area (Å²) >= 11 is 1.98. The van der Waals surface area contributed by atoms with Gasteiger partial charge in [0.25, 0.3) is 0 Å². The third kappa shape index (κ3) is 4.03. The SMILES string of the molecule is CC(C)(O)CNc1cc(N2CCSCC2)ncn1. The Hall–Kier alpha value is -1.01. The summed E-state index contributed by atoms with van der Waals surface area (Å²) in [7, 11) is 0. The molecule has 2 N–H and O–H groups in total. The summed E-state index contributed by atoms with van der Waals surface area (Å²) in [6.45, 7) is 6.08. The first-order valence-electron chi connectivity index (χ1n) is 6.16. The summed E-state index contributed by atoms with van der Waals surface area (Å²) in [6.07, 6.45) is 1.57. The number of aliphatic hydroxyl groups is 1. The molecule has 18 heavy (non-hydrogen) atoms. The molecule has 2 rings (SSSR count). The summed E-state index contributed by atoms with van der Waals surface area (Å²) in [5.41, 5.74) is -0.743. The molecule has 5 nitrogen and oxygen atoms in total. The maximum absolute atomic E-state index is 9.68. The number of nitrogens with zero attached hydrogens (tertiary/aromatic N) is 3. The van der Waals surface area contributed by atoms with Crippen molar-refractivity contribution in [2.24, 2.45) is 0 Å². The van der Waals surface area contributed by atoms with Crippen molar-refractivity contribution in [2.45, 2.75) is 19.4 Å². The van der Waals surface area contributed by atoms with Crippen LogP contribution in [0.25, 0.3) is 0 Å². The quantitative estimate of drug-likeness (QED) is 0.856. The van der Waals surface area contributed by atoms with E-state index in [0.29, 0.717) is 6.54 Å². The molecule has 1 aliphatic rings. The summed E-state index contributed by atoms with van der Waals surface area (Å²) in [4.78, 5) is 10.8. The van der Waals surface area contributed by atoms with Crippen LogP contribution in [0.2, 0.25) is 0 Å². The molecule has 1 aromatic rings. The van der Waals surface area contributed by atoms with Gasteiger partial charge in [0.15, 0.2) is 0 Å². The van der Waals surface area contributed by atoms with Gasteiger partial charge in [0.05, 0.1) is 5.60 Å². The van der Waals surface area contributed by atoms with Gasteiger partial charge in [-0.25, -0.2) is 9.97 Å². The van der Waals surface area contributed by atoms with Gasteiger partial charge in [-0.05, 0) is 13.8 Å². The van der Waals surface area contributed by atoms with Crippen molar-refractivity contribution in [1.29, 1.82) is 0 Å². The van der Waals surface area contributed by atoms with E-state index in [1.807, 2.05) is 17.8 Å². The molecule has 0 atom stereocenters. The molecule has 0 bridgehead atoms. The molecule has 1 aromatic heterocycles. The highest BCUT2D eigenvalue weighted by Gasteiger charge is 2.15. The Morgan fingerprint density at radius 1 is 1.39 bits per heavy atom. The average Bonchev–Trinajstić information content (AvgIpc) is 2.37. The fourth-order valence-corrected chi connectivity index (χ4v) is 2.62. The topological polar surface area (TPSA) is 61.3 Å². The third-order valence-corrected chi connectivity index (χ3v) is 3.63. The number of hydrogen-bond acceptors (Lipinski definition) is 6. The Balaban J connectivity index is 2.00. The van der Waals surface area contributed by atoms with E-state index in [9.17, 15) is 5.11 Å². The lowest BCUT2D eigenvalue weighted by Crippen LogP contribution is -2.33. The minimum atomic E-state index is -0.743. The van der Waals surface area contributed by atoms with E-state index in [0.717, 1.165) is 36.2 Å². The predicted octanol–water partition coefficient (Wildman–Crippen LogP) is 1.21. The molecule has 6 heteroatoms. The second kappa shape index (κ2) is 5.75. The Kier molecular flexibility index (Phi) is 4.29. The van der Waals surface area contributed by atoms with E-state index in [-0.39, 0.29) is 0 Å². The van der Waals surface area contributed by atoms with Crippen LogP contribution in [-0.4, -0.2) is 51.8 Å². The average molecular weight is 268 g/mol. The number of anilines is 2. The van der Waals surface area contributed by atoms with E-state index in [1.165, 1.54) is 0 Å². The van der Waals surface area contributed by atoms with Crippen LogP contribution in [0.15, 0.2) is 12.4 Å². The first-order chi connectivity index (χ1) is 8.54. The van der Waals surface area contributed by atoms with Gasteiger partial charge in [-0.1, -0.05) is 0 Å². The first-order valence-corrected chi connectivity index (χ1v) is 7.31. The fraction of sp³-hybridized carbons (Fsp3) is 0.667. The molecule has 1 fully saturated rings. The maximum atomic E-state index is 9.68. The van der Waals surface area contributed by atoms with Crippen LogP contribution in [0.1, 0.15) is 13.8 Å². The number of aromatic nitrogens is 2.